The Kier molecular flexibility index (Phi) is 6.24. The molecule has 5 heteroatoms. The van der Waals surface area contributed by atoms with E-state index in [0.717, 1.165) is 37.2 Å². The monoisotopic (exact) mass is 323 g/mol. The summed E-state index contributed by atoms with van der Waals surface area (Å²) in [6.45, 7) is 5.98. The van der Waals surface area contributed by atoms with E-state index in [1.54, 1.807) is 0 Å². The van der Waals surface area contributed by atoms with E-state index in [4.69, 9.17) is 5.73 Å². The third kappa shape index (κ3) is 4.00. The molecule has 4 nitrogen and oxygen atoms in total. The lowest BCUT2D eigenvalue weighted by Crippen LogP contribution is -2.32. The number of carbonyl (C=O) groups excluding carboxylic acids is 1. The molecule has 1 aromatic rings. The molecule has 22 heavy (non-hydrogen) atoms. The van der Waals surface area contributed by atoms with Crippen LogP contribution in [0.1, 0.15) is 35.2 Å². The number of nitrogens with two attached hydrogens (primary N) is 1. The van der Waals surface area contributed by atoms with Crippen LogP contribution in [0.2, 0.25) is 0 Å². The van der Waals surface area contributed by atoms with Crippen molar-refractivity contribution in [1.82, 2.24) is 9.80 Å². The number of rotatable bonds is 4. The van der Waals surface area contributed by atoms with Crippen LogP contribution < -0.4 is 5.73 Å². The van der Waals surface area contributed by atoms with E-state index >= 15 is 0 Å². The molecule has 0 aromatic heterocycles. The second-order valence-corrected chi connectivity index (χ2v) is 6.31. The molecule has 122 valence electrons. The molecule has 0 bridgehead atoms. The highest BCUT2D eigenvalue weighted by molar-refractivity contribution is 5.94. The van der Waals surface area contributed by atoms with Crippen molar-refractivity contribution in [2.75, 3.05) is 32.7 Å². The standard InChI is InChI=1S/C17H25N3O.ClH/c18-11-14-3-5-16(6-4-14)17(21)20-10-7-15(13-20)12-19-8-1-2-9-19;/h3-6,15H,1-2,7-13,18H2;1H. The molecular weight excluding hydrogens is 298 g/mol. The Bertz CT molecular complexity index is 485. The van der Waals surface area contributed by atoms with Crippen molar-refractivity contribution < 1.29 is 4.79 Å². The van der Waals surface area contributed by atoms with Gasteiger partial charge >= 0.3 is 0 Å². The van der Waals surface area contributed by atoms with Gasteiger partial charge in [0.25, 0.3) is 5.91 Å². The zero-order chi connectivity index (χ0) is 14.7. The minimum absolute atomic E-state index is 0. The van der Waals surface area contributed by atoms with E-state index in [9.17, 15) is 4.79 Å². The molecule has 2 fully saturated rings. The molecule has 0 aliphatic carbocycles. The van der Waals surface area contributed by atoms with Crippen molar-refractivity contribution in [3.63, 3.8) is 0 Å². The average Bonchev–Trinajstić information content (AvgIpc) is 3.19. The van der Waals surface area contributed by atoms with E-state index in [-0.39, 0.29) is 18.3 Å². The van der Waals surface area contributed by atoms with Crippen molar-refractivity contribution in [3.8, 4) is 0 Å². The zero-order valence-electron chi connectivity index (χ0n) is 13.0. The predicted molar refractivity (Wildman–Crippen MR) is 91.3 cm³/mol. The summed E-state index contributed by atoms with van der Waals surface area (Å²) >= 11 is 0. The summed E-state index contributed by atoms with van der Waals surface area (Å²) in [5.41, 5.74) is 7.45. The molecule has 1 unspecified atom stereocenters. The lowest BCUT2D eigenvalue weighted by molar-refractivity contribution is 0.0784. The van der Waals surface area contributed by atoms with Crippen LogP contribution in [0.25, 0.3) is 0 Å². The summed E-state index contributed by atoms with van der Waals surface area (Å²) in [6, 6.07) is 7.70. The van der Waals surface area contributed by atoms with Gasteiger partial charge in [0.15, 0.2) is 0 Å². The predicted octanol–water partition coefficient (Wildman–Crippen LogP) is 2.12. The molecule has 2 aliphatic rings. The van der Waals surface area contributed by atoms with Crippen LogP contribution in [-0.4, -0.2) is 48.4 Å². The molecule has 2 N–H and O–H groups in total. The van der Waals surface area contributed by atoms with Gasteiger partial charge in [0.1, 0.15) is 0 Å². The summed E-state index contributed by atoms with van der Waals surface area (Å²) in [4.78, 5) is 17.1. The maximum absolute atomic E-state index is 12.5. The highest BCUT2D eigenvalue weighted by atomic mass is 35.5. The summed E-state index contributed by atoms with van der Waals surface area (Å²) in [6.07, 6.45) is 3.81. The van der Waals surface area contributed by atoms with E-state index in [1.807, 2.05) is 29.2 Å². The smallest absolute Gasteiger partial charge is 0.253 e. The Morgan fingerprint density at radius 2 is 1.82 bits per heavy atom. The molecule has 0 saturated carbocycles. The number of carbonyl (C=O) groups is 1. The first-order chi connectivity index (χ1) is 10.3. The molecule has 0 spiro atoms. The Labute approximate surface area is 139 Å². The zero-order valence-corrected chi connectivity index (χ0v) is 13.9. The van der Waals surface area contributed by atoms with Gasteiger partial charge < -0.3 is 15.5 Å². The maximum Gasteiger partial charge on any atom is 0.253 e. The molecule has 2 heterocycles. The van der Waals surface area contributed by atoms with Gasteiger partial charge in [-0.2, -0.15) is 0 Å². The Morgan fingerprint density at radius 1 is 1.14 bits per heavy atom. The number of likely N-dealkylation sites (tertiary alicyclic amines) is 2. The maximum atomic E-state index is 12.5. The van der Waals surface area contributed by atoms with Crippen LogP contribution in [0, 0.1) is 5.92 Å². The second kappa shape index (κ2) is 7.95. The van der Waals surface area contributed by atoms with E-state index < -0.39 is 0 Å². The highest BCUT2D eigenvalue weighted by Gasteiger charge is 2.28. The first-order valence-corrected chi connectivity index (χ1v) is 8.07. The van der Waals surface area contributed by atoms with Gasteiger partial charge in [-0.05, 0) is 56.0 Å². The third-order valence-corrected chi connectivity index (χ3v) is 4.72. The molecule has 3 rings (SSSR count). The van der Waals surface area contributed by atoms with Crippen LogP contribution in [0.4, 0.5) is 0 Å². The summed E-state index contributed by atoms with van der Waals surface area (Å²) < 4.78 is 0. The van der Waals surface area contributed by atoms with Crippen molar-refractivity contribution >= 4 is 18.3 Å². The largest absolute Gasteiger partial charge is 0.338 e. The van der Waals surface area contributed by atoms with Crippen LogP contribution in [-0.2, 0) is 6.54 Å². The summed E-state index contributed by atoms with van der Waals surface area (Å²) in [5, 5.41) is 0. The number of nitrogens with zero attached hydrogens (tertiary/aromatic N) is 2. The van der Waals surface area contributed by atoms with Gasteiger partial charge in [-0.1, -0.05) is 12.1 Å². The molecule has 0 radical (unpaired) electrons. The van der Waals surface area contributed by atoms with Gasteiger partial charge in [0.05, 0.1) is 0 Å². The minimum Gasteiger partial charge on any atom is -0.338 e. The Hall–Kier alpha value is -1.10. The second-order valence-electron chi connectivity index (χ2n) is 6.31. The van der Waals surface area contributed by atoms with Crippen molar-refractivity contribution in [1.29, 1.82) is 0 Å². The number of halogens is 1. The molecule has 2 saturated heterocycles. The number of hydrogen-bond donors (Lipinski definition) is 1. The Balaban J connectivity index is 0.00000176. The fourth-order valence-electron chi connectivity index (χ4n) is 3.46. The fourth-order valence-corrected chi connectivity index (χ4v) is 3.46. The van der Waals surface area contributed by atoms with E-state index in [2.05, 4.69) is 4.90 Å². The SMILES string of the molecule is Cl.NCc1ccc(C(=O)N2CCC(CN3CCCC3)C2)cc1. The molecular formula is C17H26ClN3O. The topological polar surface area (TPSA) is 49.6 Å². The van der Waals surface area contributed by atoms with E-state index in [1.165, 1.54) is 25.9 Å². The van der Waals surface area contributed by atoms with Gasteiger partial charge in [-0.3, -0.25) is 4.79 Å². The Morgan fingerprint density at radius 3 is 2.45 bits per heavy atom. The number of amides is 1. The van der Waals surface area contributed by atoms with Crippen molar-refractivity contribution in [3.05, 3.63) is 35.4 Å². The number of benzene rings is 1. The van der Waals surface area contributed by atoms with E-state index in [0.29, 0.717) is 12.5 Å². The lowest BCUT2D eigenvalue weighted by atomic mass is 10.1. The van der Waals surface area contributed by atoms with Crippen molar-refractivity contribution in [2.24, 2.45) is 11.7 Å². The van der Waals surface area contributed by atoms with Gasteiger partial charge in [0, 0.05) is 31.7 Å². The average molecular weight is 324 g/mol. The molecule has 2 aliphatic heterocycles. The minimum atomic E-state index is 0. The highest BCUT2D eigenvalue weighted by Crippen LogP contribution is 2.21. The summed E-state index contributed by atoms with van der Waals surface area (Å²) in [7, 11) is 0. The molecule has 1 aromatic carbocycles. The van der Waals surface area contributed by atoms with Crippen LogP contribution in [0.3, 0.4) is 0 Å². The van der Waals surface area contributed by atoms with Crippen LogP contribution >= 0.6 is 12.4 Å². The number of hydrogen-bond acceptors (Lipinski definition) is 3. The van der Waals surface area contributed by atoms with Gasteiger partial charge in [-0.15, -0.1) is 12.4 Å². The normalized spacial score (nSPS) is 21.9. The quantitative estimate of drug-likeness (QED) is 0.923. The lowest BCUT2D eigenvalue weighted by Gasteiger charge is -2.20. The van der Waals surface area contributed by atoms with Crippen LogP contribution in [0.15, 0.2) is 24.3 Å². The molecule has 1 atom stereocenters. The van der Waals surface area contributed by atoms with Gasteiger partial charge in [-0.25, -0.2) is 0 Å². The van der Waals surface area contributed by atoms with Crippen LogP contribution in [0.5, 0.6) is 0 Å². The first-order valence-electron chi connectivity index (χ1n) is 8.07. The van der Waals surface area contributed by atoms with Crippen molar-refractivity contribution in [2.45, 2.75) is 25.8 Å². The fraction of sp³-hybridized carbons (Fsp3) is 0.588. The molecule has 1 amide bonds. The third-order valence-electron chi connectivity index (χ3n) is 4.72. The van der Waals surface area contributed by atoms with Gasteiger partial charge in [0.2, 0.25) is 0 Å². The first kappa shape index (κ1) is 17.3. The summed E-state index contributed by atoms with van der Waals surface area (Å²) in [5.74, 6) is 0.817.